The summed E-state index contributed by atoms with van der Waals surface area (Å²) in [5.74, 6) is 0.199. The lowest BCUT2D eigenvalue weighted by Gasteiger charge is -2.46. The zero-order valence-corrected chi connectivity index (χ0v) is 17.2. The Hall–Kier alpha value is -0.653. The Morgan fingerprint density at radius 3 is 2.41 bits per heavy atom. The first-order valence-corrected chi connectivity index (χ1v) is 10.5. The van der Waals surface area contributed by atoms with Crippen LogP contribution in [0.25, 0.3) is 10.9 Å². The summed E-state index contributed by atoms with van der Waals surface area (Å²) >= 11 is 3.26. The standard InChI is InChI=1S/C17H25BrFNOSi/c1-10(2)16(3,4)17(5,21-22-6)15-8-11-7-12(18)13(19)9-14(11)20-15/h7-10,20H,22H2,1-6H3. The fourth-order valence-corrected chi connectivity index (χ4v) is 4.30. The Kier molecular flexibility index (Phi) is 4.90. The van der Waals surface area contributed by atoms with Crippen LogP contribution in [0.4, 0.5) is 4.39 Å². The van der Waals surface area contributed by atoms with Gasteiger partial charge >= 0.3 is 0 Å². The van der Waals surface area contributed by atoms with Crippen molar-refractivity contribution in [3.63, 3.8) is 0 Å². The Bertz CT molecular complexity index is 644. The lowest BCUT2D eigenvalue weighted by Crippen LogP contribution is -2.46. The molecule has 0 radical (unpaired) electrons. The van der Waals surface area contributed by atoms with Gasteiger partial charge in [-0.25, -0.2) is 4.39 Å². The largest absolute Gasteiger partial charge is 0.413 e. The number of hydrogen-bond donors (Lipinski definition) is 1. The third kappa shape index (κ3) is 2.79. The molecular formula is C17H25BrFNOSi. The van der Waals surface area contributed by atoms with Gasteiger partial charge in [0.25, 0.3) is 0 Å². The van der Waals surface area contributed by atoms with Crippen molar-refractivity contribution >= 4 is 36.6 Å². The number of benzene rings is 1. The van der Waals surface area contributed by atoms with Gasteiger partial charge in [-0.1, -0.05) is 34.2 Å². The molecule has 0 saturated heterocycles. The van der Waals surface area contributed by atoms with Gasteiger partial charge in [-0.05, 0) is 47.0 Å². The molecule has 1 aromatic carbocycles. The summed E-state index contributed by atoms with van der Waals surface area (Å²) in [5.41, 5.74) is 1.37. The van der Waals surface area contributed by atoms with Gasteiger partial charge in [0.05, 0.1) is 10.1 Å². The number of H-pyrrole nitrogens is 1. The third-order valence-corrected chi connectivity index (χ3v) is 6.76. The molecule has 2 aromatic rings. The first kappa shape index (κ1) is 17.7. The average Bonchev–Trinajstić information content (AvgIpc) is 2.82. The van der Waals surface area contributed by atoms with Gasteiger partial charge in [0.15, 0.2) is 9.76 Å². The summed E-state index contributed by atoms with van der Waals surface area (Å²) < 4.78 is 20.6. The van der Waals surface area contributed by atoms with Crippen LogP contribution in [0.2, 0.25) is 6.55 Å². The van der Waals surface area contributed by atoms with E-state index < -0.39 is 15.4 Å². The monoisotopic (exact) mass is 385 g/mol. The Morgan fingerprint density at radius 2 is 1.86 bits per heavy atom. The van der Waals surface area contributed by atoms with Gasteiger partial charge in [0.1, 0.15) is 5.82 Å². The molecule has 0 saturated carbocycles. The van der Waals surface area contributed by atoms with Crippen LogP contribution in [0.15, 0.2) is 22.7 Å². The maximum Gasteiger partial charge on any atom is 0.159 e. The Labute approximate surface area is 142 Å². The number of nitrogens with one attached hydrogen (secondary N) is 1. The smallest absolute Gasteiger partial charge is 0.159 e. The highest BCUT2D eigenvalue weighted by Gasteiger charge is 2.45. The Balaban J connectivity index is 2.63. The topological polar surface area (TPSA) is 25.0 Å². The minimum absolute atomic E-state index is 0.0489. The van der Waals surface area contributed by atoms with Crippen LogP contribution >= 0.6 is 15.9 Å². The van der Waals surface area contributed by atoms with Gasteiger partial charge in [-0.15, -0.1) is 0 Å². The maximum absolute atomic E-state index is 13.8. The molecule has 0 aliphatic heterocycles. The van der Waals surface area contributed by atoms with Crippen molar-refractivity contribution in [1.29, 1.82) is 0 Å². The molecule has 0 fully saturated rings. The second-order valence-corrected chi connectivity index (χ2v) is 8.60. The van der Waals surface area contributed by atoms with E-state index in [4.69, 9.17) is 4.43 Å². The number of halogens is 2. The highest BCUT2D eigenvalue weighted by molar-refractivity contribution is 9.10. The molecule has 122 valence electrons. The van der Waals surface area contributed by atoms with Crippen molar-refractivity contribution in [2.45, 2.75) is 46.8 Å². The van der Waals surface area contributed by atoms with E-state index in [1.54, 1.807) is 0 Å². The minimum Gasteiger partial charge on any atom is -0.413 e. The molecule has 22 heavy (non-hydrogen) atoms. The molecular weight excluding hydrogens is 361 g/mol. The molecule has 2 rings (SSSR count). The van der Waals surface area contributed by atoms with Crippen molar-refractivity contribution < 1.29 is 8.82 Å². The van der Waals surface area contributed by atoms with Crippen LogP contribution in [-0.4, -0.2) is 14.7 Å². The molecule has 1 atom stereocenters. The molecule has 0 spiro atoms. The molecule has 5 heteroatoms. The SMILES string of the molecule is C[SiH2]OC(C)(c1cc2cc(Br)c(F)cc2[nH]1)C(C)(C)C(C)C. The van der Waals surface area contributed by atoms with E-state index in [0.717, 1.165) is 16.6 Å². The van der Waals surface area contributed by atoms with Gasteiger partial charge in [0.2, 0.25) is 0 Å². The fraction of sp³-hybridized carbons (Fsp3) is 0.529. The van der Waals surface area contributed by atoms with E-state index in [1.165, 1.54) is 6.07 Å². The highest BCUT2D eigenvalue weighted by Crippen LogP contribution is 2.47. The van der Waals surface area contributed by atoms with E-state index in [-0.39, 0.29) is 11.2 Å². The zero-order valence-electron chi connectivity index (χ0n) is 14.2. The van der Waals surface area contributed by atoms with Crippen molar-refractivity contribution in [1.82, 2.24) is 4.98 Å². The summed E-state index contributed by atoms with van der Waals surface area (Å²) in [6, 6.07) is 5.44. The first-order chi connectivity index (χ1) is 10.1. The lowest BCUT2D eigenvalue weighted by molar-refractivity contribution is -0.0608. The highest BCUT2D eigenvalue weighted by atomic mass is 79.9. The van der Waals surface area contributed by atoms with Crippen LogP contribution in [0.1, 0.15) is 40.3 Å². The number of hydrogen-bond acceptors (Lipinski definition) is 1. The van der Waals surface area contributed by atoms with Crippen molar-refractivity contribution in [2.24, 2.45) is 11.3 Å². The molecule has 0 bridgehead atoms. The number of aromatic nitrogens is 1. The molecule has 1 aromatic heterocycles. The van der Waals surface area contributed by atoms with Gasteiger partial charge < -0.3 is 9.41 Å². The van der Waals surface area contributed by atoms with E-state index in [0.29, 0.717) is 10.4 Å². The van der Waals surface area contributed by atoms with Crippen LogP contribution in [0, 0.1) is 17.2 Å². The van der Waals surface area contributed by atoms with Gasteiger partial charge in [-0.3, -0.25) is 0 Å². The second-order valence-electron chi connectivity index (χ2n) is 6.88. The van der Waals surface area contributed by atoms with E-state index in [1.807, 2.05) is 6.07 Å². The zero-order chi connectivity index (χ0) is 16.7. The number of rotatable bonds is 5. The molecule has 1 heterocycles. The van der Waals surface area contributed by atoms with Crippen LogP contribution in [0.3, 0.4) is 0 Å². The third-order valence-electron chi connectivity index (χ3n) is 5.28. The Morgan fingerprint density at radius 1 is 1.23 bits per heavy atom. The van der Waals surface area contributed by atoms with Gasteiger partial charge in [-0.2, -0.15) is 0 Å². The molecule has 1 unspecified atom stereocenters. The average molecular weight is 386 g/mol. The summed E-state index contributed by atoms with van der Waals surface area (Å²) in [6.07, 6.45) is 0. The predicted molar refractivity (Wildman–Crippen MR) is 97.4 cm³/mol. The molecule has 2 nitrogen and oxygen atoms in total. The van der Waals surface area contributed by atoms with Crippen LogP contribution in [0.5, 0.6) is 0 Å². The molecule has 1 N–H and O–H groups in total. The van der Waals surface area contributed by atoms with Crippen LogP contribution in [-0.2, 0) is 10.0 Å². The fourth-order valence-electron chi connectivity index (χ4n) is 2.83. The summed E-state index contributed by atoms with van der Waals surface area (Å²) in [7, 11) is -0.601. The second kappa shape index (κ2) is 6.10. The maximum atomic E-state index is 13.8. The van der Waals surface area contributed by atoms with E-state index >= 15 is 0 Å². The molecule has 0 amide bonds. The molecule has 0 aliphatic carbocycles. The summed E-state index contributed by atoms with van der Waals surface area (Å²) in [4.78, 5) is 3.39. The van der Waals surface area contributed by atoms with Crippen molar-refractivity contribution in [2.75, 3.05) is 0 Å². The van der Waals surface area contributed by atoms with Crippen molar-refractivity contribution in [3.8, 4) is 0 Å². The van der Waals surface area contributed by atoms with E-state index in [2.05, 4.69) is 68.1 Å². The predicted octanol–water partition coefficient (Wildman–Crippen LogP) is 5.12. The number of aromatic amines is 1. The lowest BCUT2D eigenvalue weighted by atomic mass is 9.67. The van der Waals surface area contributed by atoms with Crippen molar-refractivity contribution in [3.05, 3.63) is 34.2 Å². The quantitative estimate of drug-likeness (QED) is 0.710. The number of fused-ring (bicyclic) bond motifs is 1. The van der Waals surface area contributed by atoms with Gasteiger partial charge in [0, 0.05) is 22.0 Å². The minimum atomic E-state index is -0.601. The van der Waals surface area contributed by atoms with E-state index in [9.17, 15) is 4.39 Å². The first-order valence-electron chi connectivity index (χ1n) is 7.75. The summed E-state index contributed by atoms with van der Waals surface area (Å²) in [5, 5.41) is 0.996. The normalized spacial score (nSPS) is 16.0. The molecule has 0 aliphatic rings. The summed E-state index contributed by atoms with van der Waals surface area (Å²) in [6.45, 7) is 13.2. The van der Waals surface area contributed by atoms with Crippen LogP contribution < -0.4 is 0 Å².